The Morgan fingerprint density at radius 3 is 2.56 bits per heavy atom. The van der Waals surface area contributed by atoms with E-state index in [2.05, 4.69) is 38.0 Å². The third kappa shape index (κ3) is 5.92. The third-order valence-electron chi connectivity index (χ3n) is 4.86. The number of carbonyl (C=O) groups is 1. The molecular weight excluding hydrogens is 492 g/mol. The van der Waals surface area contributed by atoms with E-state index in [1.165, 1.54) is 11.8 Å². The van der Waals surface area contributed by atoms with Gasteiger partial charge in [-0.2, -0.15) is 0 Å². The zero-order valence-corrected chi connectivity index (χ0v) is 20.6. The number of amides is 1. The van der Waals surface area contributed by atoms with Crippen molar-refractivity contribution in [3.8, 4) is 11.5 Å². The Morgan fingerprint density at radius 1 is 1.16 bits per heavy atom. The quantitative estimate of drug-likeness (QED) is 0.296. The van der Waals surface area contributed by atoms with Gasteiger partial charge in [-0.05, 0) is 61.4 Å². The number of thioether (sulfide) groups is 1. The SMILES string of the molecule is C=CCn1c(COc2ccc(OC)cc2)nnc1SCC(=O)Nc1ccc(Br)c(C)c1C. The molecular formula is C23H25BrN4O3S. The standard InChI is InChI=1S/C23H25BrN4O3S/c1-5-12-28-21(13-31-18-8-6-17(30-4)7-9-18)26-27-23(28)32-14-22(29)25-20-11-10-19(24)15(2)16(20)3/h5-11H,1,12-14H2,2-4H3,(H,25,29). The number of carbonyl (C=O) groups excluding carboxylic acids is 1. The summed E-state index contributed by atoms with van der Waals surface area (Å²) >= 11 is 4.83. The lowest BCUT2D eigenvalue weighted by Gasteiger charge is -2.12. The number of aromatic nitrogens is 3. The molecule has 0 aliphatic heterocycles. The number of methoxy groups -OCH3 is 1. The monoisotopic (exact) mass is 516 g/mol. The highest BCUT2D eigenvalue weighted by Crippen LogP contribution is 2.26. The van der Waals surface area contributed by atoms with Crippen LogP contribution in [0.25, 0.3) is 0 Å². The topological polar surface area (TPSA) is 78.3 Å². The molecule has 3 aromatic rings. The van der Waals surface area contributed by atoms with Gasteiger partial charge in [-0.1, -0.05) is 33.8 Å². The number of hydrogen-bond acceptors (Lipinski definition) is 6. The second-order valence-electron chi connectivity index (χ2n) is 6.94. The van der Waals surface area contributed by atoms with Gasteiger partial charge < -0.3 is 14.8 Å². The van der Waals surface area contributed by atoms with Gasteiger partial charge in [-0.15, -0.1) is 16.8 Å². The summed E-state index contributed by atoms with van der Waals surface area (Å²) in [5, 5.41) is 12.1. The molecule has 1 heterocycles. The van der Waals surface area contributed by atoms with Crippen molar-refractivity contribution < 1.29 is 14.3 Å². The number of nitrogens with one attached hydrogen (secondary N) is 1. The highest BCUT2D eigenvalue weighted by atomic mass is 79.9. The van der Waals surface area contributed by atoms with Crippen LogP contribution in [0.5, 0.6) is 11.5 Å². The molecule has 0 bridgehead atoms. The molecule has 0 saturated heterocycles. The fourth-order valence-corrected chi connectivity index (χ4v) is 4.10. The first kappa shape index (κ1) is 23.9. The number of hydrogen-bond donors (Lipinski definition) is 1. The molecule has 0 aliphatic carbocycles. The van der Waals surface area contributed by atoms with Crippen molar-refractivity contribution in [2.45, 2.75) is 32.2 Å². The Morgan fingerprint density at radius 2 is 1.88 bits per heavy atom. The molecule has 0 fully saturated rings. The molecule has 32 heavy (non-hydrogen) atoms. The summed E-state index contributed by atoms with van der Waals surface area (Å²) < 4.78 is 13.9. The molecule has 9 heteroatoms. The molecule has 0 atom stereocenters. The maximum Gasteiger partial charge on any atom is 0.234 e. The van der Waals surface area contributed by atoms with E-state index in [0.29, 0.717) is 23.3 Å². The lowest BCUT2D eigenvalue weighted by molar-refractivity contribution is -0.113. The first-order chi connectivity index (χ1) is 15.4. The normalized spacial score (nSPS) is 10.6. The van der Waals surface area contributed by atoms with Gasteiger partial charge in [0.2, 0.25) is 5.91 Å². The molecule has 168 valence electrons. The van der Waals surface area contributed by atoms with Crippen molar-refractivity contribution >= 4 is 39.3 Å². The summed E-state index contributed by atoms with van der Waals surface area (Å²) in [6, 6.07) is 11.2. The number of rotatable bonds is 10. The minimum atomic E-state index is -0.107. The van der Waals surface area contributed by atoms with E-state index in [9.17, 15) is 4.79 Å². The second-order valence-corrected chi connectivity index (χ2v) is 8.74. The Balaban J connectivity index is 1.62. The van der Waals surface area contributed by atoms with E-state index in [1.54, 1.807) is 13.2 Å². The summed E-state index contributed by atoms with van der Waals surface area (Å²) in [6.07, 6.45) is 1.76. The minimum Gasteiger partial charge on any atom is -0.497 e. The van der Waals surface area contributed by atoms with E-state index in [0.717, 1.165) is 27.0 Å². The predicted molar refractivity (Wildman–Crippen MR) is 131 cm³/mol. The Kier molecular flexibility index (Phi) is 8.35. The third-order valence-corrected chi connectivity index (χ3v) is 6.69. The van der Waals surface area contributed by atoms with Crippen LogP contribution in [-0.4, -0.2) is 33.5 Å². The van der Waals surface area contributed by atoms with E-state index in [1.807, 2.05) is 54.8 Å². The molecule has 1 amide bonds. The summed E-state index contributed by atoms with van der Waals surface area (Å²) in [6.45, 7) is 8.57. The van der Waals surface area contributed by atoms with Crippen LogP contribution in [0.15, 0.2) is 58.7 Å². The van der Waals surface area contributed by atoms with Crippen molar-refractivity contribution in [2.75, 3.05) is 18.2 Å². The van der Waals surface area contributed by atoms with Gasteiger partial charge in [0.15, 0.2) is 11.0 Å². The molecule has 0 saturated carbocycles. The van der Waals surface area contributed by atoms with Gasteiger partial charge >= 0.3 is 0 Å². The van der Waals surface area contributed by atoms with Crippen LogP contribution in [-0.2, 0) is 17.9 Å². The van der Waals surface area contributed by atoms with Crippen LogP contribution in [0, 0.1) is 13.8 Å². The second kappa shape index (κ2) is 11.2. The van der Waals surface area contributed by atoms with Gasteiger partial charge in [0.05, 0.1) is 12.9 Å². The van der Waals surface area contributed by atoms with E-state index in [-0.39, 0.29) is 18.3 Å². The Hall–Kier alpha value is -2.78. The van der Waals surface area contributed by atoms with Crippen LogP contribution < -0.4 is 14.8 Å². The first-order valence-electron chi connectivity index (χ1n) is 9.91. The molecule has 0 spiro atoms. The predicted octanol–water partition coefficient (Wildman–Crippen LogP) is 5.16. The molecule has 1 aromatic heterocycles. The van der Waals surface area contributed by atoms with Gasteiger partial charge in [0, 0.05) is 16.7 Å². The van der Waals surface area contributed by atoms with Crippen LogP contribution in [0.4, 0.5) is 5.69 Å². The lowest BCUT2D eigenvalue weighted by Crippen LogP contribution is -2.16. The highest BCUT2D eigenvalue weighted by Gasteiger charge is 2.15. The molecule has 3 rings (SSSR count). The molecule has 2 aromatic carbocycles. The summed E-state index contributed by atoms with van der Waals surface area (Å²) in [4.78, 5) is 12.5. The Labute approximate surface area is 200 Å². The van der Waals surface area contributed by atoms with Crippen molar-refractivity contribution in [3.63, 3.8) is 0 Å². The number of benzene rings is 2. The minimum absolute atomic E-state index is 0.107. The van der Waals surface area contributed by atoms with Crippen molar-refractivity contribution in [1.29, 1.82) is 0 Å². The van der Waals surface area contributed by atoms with Gasteiger partial charge in [0.1, 0.15) is 18.1 Å². The maximum absolute atomic E-state index is 12.5. The largest absolute Gasteiger partial charge is 0.497 e. The van der Waals surface area contributed by atoms with Crippen molar-refractivity contribution in [1.82, 2.24) is 14.8 Å². The summed E-state index contributed by atoms with van der Waals surface area (Å²) in [7, 11) is 1.62. The first-order valence-corrected chi connectivity index (χ1v) is 11.7. The zero-order valence-electron chi connectivity index (χ0n) is 18.2. The van der Waals surface area contributed by atoms with Crippen LogP contribution in [0.1, 0.15) is 17.0 Å². The average molecular weight is 517 g/mol. The zero-order chi connectivity index (χ0) is 23.1. The fraction of sp³-hybridized carbons (Fsp3) is 0.261. The van der Waals surface area contributed by atoms with E-state index < -0.39 is 0 Å². The van der Waals surface area contributed by atoms with Crippen LogP contribution >= 0.6 is 27.7 Å². The highest BCUT2D eigenvalue weighted by molar-refractivity contribution is 9.10. The number of halogens is 1. The molecule has 0 aliphatic rings. The van der Waals surface area contributed by atoms with E-state index >= 15 is 0 Å². The molecule has 0 radical (unpaired) electrons. The number of anilines is 1. The van der Waals surface area contributed by atoms with E-state index in [4.69, 9.17) is 9.47 Å². The van der Waals surface area contributed by atoms with Crippen molar-refractivity contribution in [2.24, 2.45) is 0 Å². The smallest absolute Gasteiger partial charge is 0.234 e. The fourth-order valence-electron chi connectivity index (χ4n) is 2.90. The molecule has 0 unspecified atom stereocenters. The molecule has 1 N–H and O–H groups in total. The molecule has 7 nitrogen and oxygen atoms in total. The number of nitrogens with zero attached hydrogens (tertiary/aromatic N) is 3. The number of ether oxygens (including phenoxy) is 2. The van der Waals surface area contributed by atoms with Gasteiger partial charge in [-0.25, -0.2) is 0 Å². The van der Waals surface area contributed by atoms with Crippen LogP contribution in [0.3, 0.4) is 0 Å². The summed E-state index contributed by atoms with van der Waals surface area (Å²) in [5.74, 6) is 2.22. The maximum atomic E-state index is 12.5. The average Bonchev–Trinajstić information content (AvgIpc) is 3.18. The Bertz CT molecular complexity index is 1100. The van der Waals surface area contributed by atoms with Gasteiger partial charge in [0.25, 0.3) is 0 Å². The summed E-state index contributed by atoms with van der Waals surface area (Å²) in [5.41, 5.74) is 2.94. The number of allylic oxidation sites excluding steroid dienone is 1. The van der Waals surface area contributed by atoms with Crippen LogP contribution in [0.2, 0.25) is 0 Å². The van der Waals surface area contributed by atoms with Gasteiger partial charge in [-0.3, -0.25) is 9.36 Å². The van der Waals surface area contributed by atoms with Crippen molar-refractivity contribution in [3.05, 3.63) is 70.5 Å². The lowest BCUT2D eigenvalue weighted by atomic mass is 10.1.